The summed E-state index contributed by atoms with van der Waals surface area (Å²) in [7, 11) is 1.52. The van der Waals surface area contributed by atoms with Crippen LogP contribution in [0.5, 0.6) is 11.5 Å². The molecule has 1 radical (unpaired) electrons. The van der Waals surface area contributed by atoms with Gasteiger partial charge in [0.1, 0.15) is 0 Å². The largest absolute Gasteiger partial charge is 0.503 e. The highest BCUT2D eigenvalue weighted by Gasteiger charge is 2.16. The maximum atomic E-state index is 9.98. The molecule has 1 fully saturated rings. The monoisotopic (exact) mass is 367 g/mol. The molecule has 1 aliphatic rings. The third-order valence-electron chi connectivity index (χ3n) is 4.91. The van der Waals surface area contributed by atoms with Gasteiger partial charge >= 0.3 is 0 Å². The van der Waals surface area contributed by atoms with Crippen molar-refractivity contribution in [2.45, 2.75) is 19.3 Å². The Kier molecular flexibility index (Phi) is 4.60. The Bertz CT molecular complexity index is 952. The number of aromatic hydroxyl groups is 1. The minimum absolute atomic E-state index is 0.0392. The van der Waals surface area contributed by atoms with E-state index < -0.39 is 0 Å². The van der Waals surface area contributed by atoms with Gasteiger partial charge in [-0.05, 0) is 54.7 Å². The Hall–Kier alpha value is -2.46. The van der Waals surface area contributed by atoms with E-state index in [0.717, 1.165) is 40.8 Å². The molecule has 0 atom stereocenters. The molecule has 2 aromatic carbocycles. The molecule has 5 heteroatoms. The highest BCUT2D eigenvalue weighted by atomic mass is 35.5. The normalized spacial score (nSPS) is 14.6. The summed E-state index contributed by atoms with van der Waals surface area (Å²) in [4.78, 5) is 6.85. The molecule has 1 aromatic heterocycles. The molecule has 4 rings (SSSR count). The van der Waals surface area contributed by atoms with Crippen LogP contribution in [0.25, 0.3) is 22.0 Å². The Morgan fingerprint density at radius 2 is 1.92 bits per heavy atom. The number of hydrogen-bond acceptors (Lipinski definition) is 4. The van der Waals surface area contributed by atoms with Gasteiger partial charge in [0.25, 0.3) is 0 Å². The first-order valence-electron chi connectivity index (χ1n) is 8.79. The molecular formula is C21H20ClN2O2. The van der Waals surface area contributed by atoms with Crippen LogP contribution in [-0.4, -0.2) is 30.3 Å². The zero-order chi connectivity index (χ0) is 18.1. The Morgan fingerprint density at radius 3 is 2.69 bits per heavy atom. The summed E-state index contributed by atoms with van der Waals surface area (Å²) in [6.07, 6.45) is 5.47. The number of aromatic nitrogens is 1. The van der Waals surface area contributed by atoms with E-state index >= 15 is 0 Å². The number of benzene rings is 2. The van der Waals surface area contributed by atoms with E-state index in [2.05, 4.69) is 22.0 Å². The molecule has 0 bridgehead atoms. The van der Waals surface area contributed by atoms with Crippen LogP contribution < -0.4 is 9.64 Å². The molecule has 0 amide bonds. The number of ether oxygens (including phenoxy) is 1. The first-order chi connectivity index (χ1) is 12.7. The molecule has 0 saturated carbocycles. The molecule has 0 unspecified atom stereocenters. The number of halogens is 1. The van der Waals surface area contributed by atoms with Crippen molar-refractivity contribution in [2.24, 2.45) is 0 Å². The second-order valence-electron chi connectivity index (χ2n) is 6.54. The lowest BCUT2D eigenvalue weighted by Crippen LogP contribution is -2.29. The Morgan fingerprint density at radius 1 is 1.12 bits per heavy atom. The average Bonchev–Trinajstić information content (AvgIpc) is 2.69. The van der Waals surface area contributed by atoms with E-state index in [1.165, 1.54) is 26.4 Å². The molecule has 2 heterocycles. The number of pyridine rings is 1. The minimum Gasteiger partial charge on any atom is -0.503 e. The predicted molar refractivity (Wildman–Crippen MR) is 105 cm³/mol. The van der Waals surface area contributed by atoms with Crippen LogP contribution in [0, 0.1) is 6.07 Å². The summed E-state index contributed by atoms with van der Waals surface area (Å²) >= 11 is 6.16. The average molecular weight is 368 g/mol. The maximum absolute atomic E-state index is 9.98. The van der Waals surface area contributed by atoms with Gasteiger partial charge in [0.05, 0.1) is 23.3 Å². The molecule has 26 heavy (non-hydrogen) atoms. The lowest BCUT2D eigenvalue weighted by molar-refractivity contribution is 0.374. The SMILES string of the molecule is COc1cc(-c2ccc3nc[c]c(N4CCCCC4)c3c2)cc(Cl)c1O. The number of piperidine rings is 1. The zero-order valence-corrected chi connectivity index (χ0v) is 15.4. The lowest BCUT2D eigenvalue weighted by Gasteiger charge is -2.29. The number of rotatable bonds is 3. The fraction of sp³-hybridized carbons (Fsp3) is 0.286. The predicted octanol–water partition coefficient (Wildman–Crippen LogP) is 5.06. The molecule has 3 aromatic rings. The van der Waals surface area contributed by atoms with Gasteiger partial charge in [-0.25, -0.2) is 0 Å². The van der Waals surface area contributed by atoms with E-state index in [1.807, 2.05) is 12.1 Å². The molecule has 4 nitrogen and oxygen atoms in total. The first kappa shape index (κ1) is 17.0. The van der Waals surface area contributed by atoms with Crippen molar-refractivity contribution in [3.63, 3.8) is 0 Å². The third kappa shape index (κ3) is 3.06. The summed E-state index contributed by atoms with van der Waals surface area (Å²) in [5.74, 6) is 0.323. The van der Waals surface area contributed by atoms with E-state index in [0.29, 0.717) is 5.75 Å². The van der Waals surface area contributed by atoms with Crippen LogP contribution in [0.1, 0.15) is 19.3 Å². The second-order valence-corrected chi connectivity index (χ2v) is 6.95. The molecule has 1 N–H and O–H groups in total. The van der Waals surface area contributed by atoms with Crippen molar-refractivity contribution in [1.29, 1.82) is 0 Å². The van der Waals surface area contributed by atoms with Gasteiger partial charge in [-0.2, -0.15) is 0 Å². The molecule has 1 aliphatic heterocycles. The van der Waals surface area contributed by atoms with Crippen LogP contribution >= 0.6 is 11.6 Å². The molecule has 133 valence electrons. The lowest BCUT2D eigenvalue weighted by atomic mass is 10.0. The fourth-order valence-electron chi connectivity index (χ4n) is 3.53. The van der Waals surface area contributed by atoms with Gasteiger partial charge in [0, 0.05) is 30.7 Å². The van der Waals surface area contributed by atoms with Crippen molar-refractivity contribution in [2.75, 3.05) is 25.1 Å². The number of phenolic OH excluding ortho intramolecular Hbond substituents is 1. The Labute approximate surface area is 158 Å². The molecule has 0 aliphatic carbocycles. The smallest absolute Gasteiger partial charge is 0.176 e. The fourth-order valence-corrected chi connectivity index (χ4v) is 3.74. The summed E-state index contributed by atoms with van der Waals surface area (Å²) < 4.78 is 5.23. The summed E-state index contributed by atoms with van der Waals surface area (Å²) in [5, 5.41) is 11.3. The Balaban J connectivity index is 1.83. The van der Waals surface area contributed by atoms with Crippen molar-refractivity contribution in [1.82, 2.24) is 4.98 Å². The summed E-state index contributed by atoms with van der Waals surface area (Å²) in [6.45, 7) is 2.11. The molecule has 1 saturated heterocycles. The van der Waals surface area contributed by atoms with Crippen LogP contribution in [0.15, 0.2) is 36.5 Å². The number of methoxy groups -OCH3 is 1. The first-order valence-corrected chi connectivity index (χ1v) is 9.17. The van der Waals surface area contributed by atoms with Crippen LogP contribution in [0.3, 0.4) is 0 Å². The topological polar surface area (TPSA) is 45.6 Å². The van der Waals surface area contributed by atoms with E-state index in [-0.39, 0.29) is 10.8 Å². The van der Waals surface area contributed by atoms with Crippen molar-refractivity contribution < 1.29 is 9.84 Å². The zero-order valence-electron chi connectivity index (χ0n) is 14.6. The van der Waals surface area contributed by atoms with Gasteiger partial charge in [-0.1, -0.05) is 17.7 Å². The number of hydrogen-bond donors (Lipinski definition) is 1. The van der Waals surface area contributed by atoms with E-state index in [9.17, 15) is 5.11 Å². The quantitative estimate of drug-likeness (QED) is 0.702. The highest BCUT2D eigenvalue weighted by molar-refractivity contribution is 6.32. The van der Waals surface area contributed by atoms with Gasteiger partial charge < -0.3 is 14.7 Å². The van der Waals surface area contributed by atoms with Crippen molar-refractivity contribution in [3.8, 4) is 22.6 Å². The standard InChI is InChI=1S/C21H20ClN2O2/c1-26-20-13-15(12-17(22)21(20)25)14-5-6-18-16(11-14)19(7-8-23-18)24-9-3-2-4-10-24/h5-6,8,11-13,25H,2-4,9-10H2,1H3. The van der Waals surface area contributed by atoms with E-state index in [4.69, 9.17) is 16.3 Å². The third-order valence-corrected chi connectivity index (χ3v) is 5.20. The second kappa shape index (κ2) is 7.04. The summed E-state index contributed by atoms with van der Waals surface area (Å²) in [5.41, 5.74) is 3.94. The minimum atomic E-state index is -0.0392. The molecular weight excluding hydrogens is 348 g/mol. The number of anilines is 1. The van der Waals surface area contributed by atoms with Crippen LogP contribution in [0.4, 0.5) is 5.69 Å². The van der Waals surface area contributed by atoms with Crippen LogP contribution in [-0.2, 0) is 0 Å². The number of nitrogens with zero attached hydrogens (tertiary/aromatic N) is 2. The number of fused-ring (bicyclic) bond motifs is 1. The van der Waals surface area contributed by atoms with Gasteiger partial charge in [-0.3, -0.25) is 4.98 Å². The van der Waals surface area contributed by atoms with Gasteiger partial charge in [-0.15, -0.1) is 0 Å². The van der Waals surface area contributed by atoms with Crippen molar-refractivity contribution in [3.05, 3.63) is 47.6 Å². The maximum Gasteiger partial charge on any atom is 0.176 e. The van der Waals surface area contributed by atoms with Crippen molar-refractivity contribution >= 4 is 28.2 Å². The number of phenols is 1. The van der Waals surface area contributed by atoms with Crippen LogP contribution in [0.2, 0.25) is 5.02 Å². The highest BCUT2D eigenvalue weighted by Crippen LogP contribution is 2.39. The van der Waals surface area contributed by atoms with E-state index in [1.54, 1.807) is 18.3 Å². The van der Waals surface area contributed by atoms with Gasteiger partial charge in [0.2, 0.25) is 0 Å². The molecule has 0 spiro atoms. The van der Waals surface area contributed by atoms with Gasteiger partial charge in [0.15, 0.2) is 11.5 Å². The summed E-state index contributed by atoms with van der Waals surface area (Å²) in [6, 6.07) is 13.0.